The summed E-state index contributed by atoms with van der Waals surface area (Å²) in [5.74, 6) is 0.817. The molecule has 7 heteroatoms. The monoisotopic (exact) mass is 473 g/mol. The van der Waals surface area contributed by atoms with Gasteiger partial charge in [0.1, 0.15) is 12.4 Å². The van der Waals surface area contributed by atoms with Crippen molar-refractivity contribution in [1.29, 1.82) is 0 Å². The number of hydrogen-bond acceptors (Lipinski definition) is 5. The summed E-state index contributed by atoms with van der Waals surface area (Å²) in [4.78, 5) is 12.4. The first-order chi connectivity index (χ1) is 16.7. The molecule has 6 nitrogen and oxygen atoms in total. The smallest absolute Gasteiger partial charge is 0.492 e. The Morgan fingerprint density at radius 1 is 0.943 bits per heavy atom. The second-order valence-corrected chi connectivity index (χ2v) is 9.70. The summed E-state index contributed by atoms with van der Waals surface area (Å²) in [5, 5.41) is 5.02. The Bertz CT molecular complexity index is 1210. The molecule has 35 heavy (non-hydrogen) atoms. The average molecular weight is 473 g/mol. The molecule has 1 aliphatic rings. The minimum absolute atomic E-state index is 0.205. The van der Waals surface area contributed by atoms with Crippen LogP contribution in [0.1, 0.15) is 38.8 Å². The molecule has 1 fully saturated rings. The fraction of sp³-hybridized carbons (Fsp3) is 0.321. The van der Waals surface area contributed by atoms with E-state index in [4.69, 9.17) is 18.8 Å². The summed E-state index contributed by atoms with van der Waals surface area (Å²) < 4.78 is 23.3. The second kappa shape index (κ2) is 10.1. The summed E-state index contributed by atoms with van der Waals surface area (Å²) >= 11 is 0. The predicted molar refractivity (Wildman–Crippen MR) is 139 cm³/mol. The van der Waals surface area contributed by atoms with Gasteiger partial charge < -0.3 is 24.1 Å². The lowest BCUT2D eigenvalue weighted by Gasteiger charge is -2.32. The highest BCUT2D eigenvalue weighted by molar-refractivity contribution is 6.56. The molecule has 1 N–H and O–H groups in total. The largest absolute Gasteiger partial charge is 0.497 e. The van der Waals surface area contributed by atoms with Gasteiger partial charge in [0.05, 0.1) is 18.3 Å². The van der Waals surface area contributed by atoms with Crippen molar-refractivity contribution < 1.29 is 23.6 Å². The fourth-order valence-electron chi connectivity index (χ4n) is 3.82. The molecule has 1 aliphatic heterocycles. The molecule has 1 heterocycles. The summed E-state index contributed by atoms with van der Waals surface area (Å²) in [6.45, 7) is 8.47. The zero-order valence-corrected chi connectivity index (χ0v) is 21.0. The van der Waals surface area contributed by atoms with Crippen LogP contribution in [0.3, 0.4) is 0 Å². The third-order valence-electron chi connectivity index (χ3n) is 6.63. The van der Waals surface area contributed by atoms with Gasteiger partial charge in [-0.15, -0.1) is 0 Å². The number of alkyl carbamates (subject to hydrolysis) is 1. The van der Waals surface area contributed by atoms with Gasteiger partial charge in [-0.2, -0.15) is 0 Å². The van der Waals surface area contributed by atoms with Crippen molar-refractivity contribution in [2.45, 2.75) is 45.5 Å². The van der Waals surface area contributed by atoms with Crippen molar-refractivity contribution in [2.24, 2.45) is 0 Å². The van der Waals surface area contributed by atoms with Crippen LogP contribution in [-0.4, -0.2) is 38.1 Å². The summed E-state index contributed by atoms with van der Waals surface area (Å²) in [5.41, 5.74) is 1.71. The molecule has 3 aromatic carbocycles. The molecule has 182 valence electrons. The first-order valence-corrected chi connectivity index (χ1v) is 11.8. The summed E-state index contributed by atoms with van der Waals surface area (Å²) in [6.07, 6.45) is 1.51. The zero-order valence-electron chi connectivity index (χ0n) is 21.0. The van der Waals surface area contributed by atoms with E-state index in [2.05, 4.69) is 11.4 Å². The van der Waals surface area contributed by atoms with Crippen LogP contribution in [0.25, 0.3) is 16.8 Å². The lowest BCUT2D eigenvalue weighted by molar-refractivity contribution is 0.00578. The number of rotatable bonds is 7. The molecule has 0 atom stereocenters. The molecule has 0 aromatic heterocycles. The molecule has 0 bridgehead atoms. The van der Waals surface area contributed by atoms with Gasteiger partial charge in [0.15, 0.2) is 0 Å². The number of ether oxygens (including phenoxy) is 2. The Morgan fingerprint density at radius 3 is 2.29 bits per heavy atom. The van der Waals surface area contributed by atoms with Gasteiger partial charge in [0.25, 0.3) is 0 Å². The van der Waals surface area contributed by atoms with E-state index in [1.807, 2.05) is 94.4 Å². The van der Waals surface area contributed by atoms with Gasteiger partial charge >= 0.3 is 13.2 Å². The van der Waals surface area contributed by atoms with Crippen molar-refractivity contribution in [3.63, 3.8) is 0 Å². The maximum atomic E-state index is 12.4. The molecule has 4 rings (SSSR count). The van der Waals surface area contributed by atoms with Crippen LogP contribution in [-0.2, 0) is 20.7 Å². The molecule has 1 saturated heterocycles. The van der Waals surface area contributed by atoms with Gasteiger partial charge in [-0.3, -0.25) is 0 Å². The number of amides is 1. The Kier molecular flexibility index (Phi) is 7.19. The molecule has 0 unspecified atom stereocenters. The molecule has 0 radical (unpaired) electrons. The third kappa shape index (κ3) is 5.86. The summed E-state index contributed by atoms with van der Waals surface area (Å²) in [7, 11) is 1.06. The van der Waals surface area contributed by atoms with E-state index in [9.17, 15) is 4.79 Å². The maximum absolute atomic E-state index is 12.4. The lowest BCUT2D eigenvalue weighted by atomic mass is 9.77. The average Bonchev–Trinajstić information content (AvgIpc) is 3.07. The Morgan fingerprint density at radius 2 is 1.60 bits per heavy atom. The minimum Gasteiger partial charge on any atom is -0.497 e. The van der Waals surface area contributed by atoms with E-state index in [1.165, 1.54) is 0 Å². The van der Waals surface area contributed by atoms with Gasteiger partial charge in [-0.05, 0) is 73.3 Å². The van der Waals surface area contributed by atoms with E-state index in [1.54, 1.807) is 7.11 Å². The summed E-state index contributed by atoms with van der Waals surface area (Å²) in [6, 6.07) is 21.7. The minimum atomic E-state index is -0.596. The first-order valence-electron chi connectivity index (χ1n) is 11.8. The lowest BCUT2D eigenvalue weighted by Crippen LogP contribution is -2.41. The van der Waals surface area contributed by atoms with Crippen LogP contribution in [0.4, 0.5) is 4.79 Å². The number of hydrogen-bond donors (Lipinski definition) is 1. The topological polar surface area (TPSA) is 66.0 Å². The van der Waals surface area contributed by atoms with Gasteiger partial charge in [-0.1, -0.05) is 54.6 Å². The van der Waals surface area contributed by atoms with E-state index in [0.717, 1.165) is 33.1 Å². The quantitative estimate of drug-likeness (QED) is 0.440. The second-order valence-electron chi connectivity index (χ2n) is 9.70. The van der Waals surface area contributed by atoms with Crippen molar-refractivity contribution in [3.8, 4) is 5.75 Å². The van der Waals surface area contributed by atoms with Gasteiger partial charge in [-0.25, -0.2) is 4.79 Å². The maximum Gasteiger partial charge on any atom is 0.492 e. The van der Waals surface area contributed by atoms with Crippen LogP contribution >= 0.6 is 0 Å². The normalized spacial score (nSPS) is 16.8. The Balaban J connectivity index is 1.54. The highest BCUT2D eigenvalue weighted by Crippen LogP contribution is 2.39. The fourth-order valence-corrected chi connectivity index (χ4v) is 3.82. The third-order valence-corrected chi connectivity index (χ3v) is 6.63. The van der Waals surface area contributed by atoms with Crippen LogP contribution in [0.15, 0.2) is 72.2 Å². The Hall–Kier alpha value is -3.29. The van der Waals surface area contributed by atoms with Crippen molar-refractivity contribution in [1.82, 2.24) is 5.32 Å². The number of carbonyl (C=O) groups excluding carboxylic acids is 1. The van der Waals surface area contributed by atoms with Crippen LogP contribution in [0.5, 0.6) is 5.75 Å². The van der Waals surface area contributed by atoms with Crippen LogP contribution in [0, 0.1) is 0 Å². The number of fused-ring (bicyclic) bond motifs is 1. The highest BCUT2D eigenvalue weighted by Gasteiger charge is 2.52. The zero-order chi connectivity index (χ0) is 25.1. The van der Waals surface area contributed by atoms with Crippen molar-refractivity contribution >= 4 is 30.1 Å². The predicted octanol–water partition coefficient (Wildman–Crippen LogP) is 5.79. The SMILES string of the molecule is COc1ccc2cc(C=C(CNC(=O)OCc3ccccc3)B3OC(C)(C)C(C)(C)O3)ccc2c1. The molecule has 0 saturated carbocycles. The number of methoxy groups -OCH3 is 1. The standard InChI is InChI=1S/C28H32BNO5/c1-27(2)28(3,4)35-29(34-27)24(18-30-26(31)33-19-20-9-7-6-8-10-20)16-21-11-12-23-17-25(32-5)14-13-22(23)15-21/h6-17H,18-19H2,1-5H3,(H,30,31). The number of benzene rings is 3. The van der Waals surface area contributed by atoms with Gasteiger partial charge in [0, 0.05) is 6.54 Å². The first kappa shape index (κ1) is 24.8. The number of nitrogens with one attached hydrogen (secondary N) is 1. The highest BCUT2D eigenvalue weighted by atomic mass is 16.7. The van der Waals surface area contributed by atoms with E-state index in [0.29, 0.717) is 0 Å². The van der Waals surface area contributed by atoms with E-state index >= 15 is 0 Å². The molecular formula is C28H32BNO5. The van der Waals surface area contributed by atoms with Crippen LogP contribution < -0.4 is 10.1 Å². The Labute approximate surface area is 207 Å². The molecule has 3 aromatic rings. The molecule has 0 spiro atoms. The van der Waals surface area contributed by atoms with E-state index < -0.39 is 24.4 Å². The van der Waals surface area contributed by atoms with Gasteiger partial charge in [0.2, 0.25) is 0 Å². The van der Waals surface area contributed by atoms with Crippen molar-refractivity contribution in [2.75, 3.05) is 13.7 Å². The molecular weight excluding hydrogens is 441 g/mol. The van der Waals surface area contributed by atoms with Crippen LogP contribution in [0.2, 0.25) is 0 Å². The van der Waals surface area contributed by atoms with E-state index in [-0.39, 0.29) is 13.2 Å². The molecule has 1 amide bonds. The number of carbonyl (C=O) groups is 1. The molecule has 0 aliphatic carbocycles. The van der Waals surface area contributed by atoms with Crippen molar-refractivity contribution in [3.05, 3.63) is 83.3 Å².